The summed E-state index contributed by atoms with van der Waals surface area (Å²) in [4.78, 5) is 42.3. The third kappa shape index (κ3) is 5.39. The monoisotopic (exact) mass is 381 g/mol. The van der Waals surface area contributed by atoms with E-state index in [1.54, 1.807) is 36.4 Å². The Bertz CT molecular complexity index is 1150. The third-order valence-electron chi connectivity index (χ3n) is 4.38. The van der Waals surface area contributed by atoms with Crippen molar-refractivity contribution in [3.05, 3.63) is 89.0 Å². The molecule has 29 heavy (non-hydrogen) atoms. The van der Waals surface area contributed by atoms with E-state index in [2.05, 4.69) is 15.0 Å². The fraction of sp³-hybridized carbons (Fsp3) is 0.0870. The van der Waals surface area contributed by atoms with Gasteiger partial charge in [0, 0.05) is 0 Å². The van der Waals surface area contributed by atoms with E-state index >= 15 is 0 Å². The number of isocyanates is 3. The van der Waals surface area contributed by atoms with Crippen molar-refractivity contribution in [1.82, 2.24) is 0 Å². The number of nitrogens with zero attached hydrogens (tertiary/aromatic N) is 3. The number of rotatable bonds is 7. The second-order valence-electron chi connectivity index (χ2n) is 6.25. The Morgan fingerprint density at radius 3 is 1.41 bits per heavy atom. The van der Waals surface area contributed by atoms with Crippen LogP contribution in [0.15, 0.2) is 81.7 Å². The van der Waals surface area contributed by atoms with Gasteiger partial charge in [0.25, 0.3) is 0 Å². The Morgan fingerprint density at radius 1 is 0.517 bits per heavy atom. The molecule has 0 aromatic heterocycles. The zero-order chi connectivity index (χ0) is 20.5. The van der Waals surface area contributed by atoms with Gasteiger partial charge in [0.15, 0.2) is 0 Å². The van der Waals surface area contributed by atoms with Crippen LogP contribution in [-0.4, -0.2) is 18.2 Å². The number of aliphatic imine (C=N–C) groups is 3. The van der Waals surface area contributed by atoms with Gasteiger partial charge in [0.1, 0.15) is 0 Å². The topological polar surface area (TPSA) is 88.3 Å². The maximum absolute atomic E-state index is 10.6. The van der Waals surface area contributed by atoms with E-state index in [9.17, 15) is 14.4 Å². The first-order valence-corrected chi connectivity index (χ1v) is 8.75. The highest BCUT2D eigenvalue weighted by molar-refractivity contribution is 5.54. The Morgan fingerprint density at radius 2 is 0.931 bits per heavy atom. The summed E-state index contributed by atoms with van der Waals surface area (Å²) >= 11 is 0. The minimum atomic E-state index is 0.539. The Labute approximate surface area is 167 Å². The van der Waals surface area contributed by atoms with Crippen LogP contribution < -0.4 is 0 Å². The summed E-state index contributed by atoms with van der Waals surface area (Å²) in [6, 6.07) is 20.2. The lowest BCUT2D eigenvalue weighted by Gasteiger charge is -2.11. The summed E-state index contributed by atoms with van der Waals surface area (Å²) in [6.07, 6.45) is 5.90. The molecule has 0 spiro atoms. The SMILES string of the molecule is O=C=Nc1ccc(Cc2ccc(N=C=O)cc2Cc2ccc(N=C=O)cc2)cc1. The van der Waals surface area contributed by atoms with Gasteiger partial charge >= 0.3 is 0 Å². The van der Waals surface area contributed by atoms with E-state index in [0.29, 0.717) is 29.9 Å². The molecule has 0 radical (unpaired) electrons. The molecule has 0 aliphatic carbocycles. The van der Waals surface area contributed by atoms with Crippen molar-refractivity contribution >= 4 is 35.3 Å². The number of hydrogen-bond donors (Lipinski definition) is 0. The van der Waals surface area contributed by atoms with Gasteiger partial charge in [-0.2, -0.15) is 15.0 Å². The van der Waals surface area contributed by atoms with Crippen molar-refractivity contribution in [1.29, 1.82) is 0 Å². The van der Waals surface area contributed by atoms with Gasteiger partial charge in [-0.1, -0.05) is 30.3 Å². The molecule has 6 nitrogen and oxygen atoms in total. The van der Waals surface area contributed by atoms with Gasteiger partial charge in [0.05, 0.1) is 17.1 Å². The molecule has 3 aromatic rings. The zero-order valence-electron chi connectivity index (χ0n) is 15.3. The van der Waals surface area contributed by atoms with Crippen LogP contribution >= 0.6 is 0 Å². The second-order valence-corrected chi connectivity index (χ2v) is 6.25. The van der Waals surface area contributed by atoms with Crippen LogP contribution in [0.1, 0.15) is 22.3 Å². The molecular formula is C23H15N3O3. The van der Waals surface area contributed by atoms with Gasteiger partial charge in [-0.25, -0.2) is 14.4 Å². The van der Waals surface area contributed by atoms with E-state index in [4.69, 9.17) is 0 Å². The molecule has 0 unspecified atom stereocenters. The van der Waals surface area contributed by atoms with Crippen molar-refractivity contribution < 1.29 is 14.4 Å². The molecule has 0 bridgehead atoms. The molecule has 6 heteroatoms. The van der Waals surface area contributed by atoms with Gasteiger partial charge in [-0.05, 0) is 71.5 Å². The van der Waals surface area contributed by atoms with Crippen molar-refractivity contribution in [3.63, 3.8) is 0 Å². The predicted octanol–water partition coefficient (Wildman–Crippen LogP) is 4.77. The zero-order valence-corrected chi connectivity index (χ0v) is 15.3. The van der Waals surface area contributed by atoms with Crippen LogP contribution in [0, 0.1) is 0 Å². The third-order valence-corrected chi connectivity index (χ3v) is 4.38. The van der Waals surface area contributed by atoms with Crippen LogP contribution in [0.2, 0.25) is 0 Å². The molecule has 0 fully saturated rings. The molecule has 0 atom stereocenters. The fourth-order valence-electron chi connectivity index (χ4n) is 2.99. The summed E-state index contributed by atoms with van der Waals surface area (Å²) in [5.41, 5.74) is 5.81. The summed E-state index contributed by atoms with van der Waals surface area (Å²) in [5.74, 6) is 0. The average molecular weight is 381 g/mol. The van der Waals surface area contributed by atoms with E-state index in [0.717, 1.165) is 22.3 Å². The molecule has 0 aliphatic rings. The standard InChI is InChI=1S/C23H15N3O3/c27-14-24-21-6-1-17(2-7-21)11-19-5-10-23(26-16-29)13-20(19)12-18-3-8-22(9-4-18)25-15-28/h1-10,13H,11-12H2. The highest BCUT2D eigenvalue weighted by atomic mass is 16.1. The Balaban J connectivity index is 1.90. The molecule has 3 rings (SSSR count). The molecule has 0 saturated heterocycles. The number of benzene rings is 3. The molecular weight excluding hydrogens is 366 g/mol. The summed E-state index contributed by atoms with van der Waals surface area (Å²) in [6.45, 7) is 0. The van der Waals surface area contributed by atoms with Crippen LogP contribution in [0.4, 0.5) is 17.1 Å². The van der Waals surface area contributed by atoms with E-state index in [1.165, 1.54) is 12.2 Å². The van der Waals surface area contributed by atoms with Crippen LogP contribution in [0.3, 0.4) is 0 Å². The van der Waals surface area contributed by atoms with Crippen molar-refractivity contribution in [2.75, 3.05) is 0 Å². The number of hydrogen-bond acceptors (Lipinski definition) is 6. The molecule has 3 aromatic carbocycles. The number of carbonyl (C=O) groups excluding carboxylic acids is 3. The summed E-state index contributed by atoms with van der Waals surface area (Å²) in [5, 5.41) is 0. The molecule has 0 amide bonds. The lowest BCUT2D eigenvalue weighted by atomic mass is 9.94. The van der Waals surface area contributed by atoms with Crippen LogP contribution in [-0.2, 0) is 27.2 Å². The van der Waals surface area contributed by atoms with Gasteiger partial charge in [0.2, 0.25) is 18.2 Å². The smallest absolute Gasteiger partial charge is 0.211 e. The normalized spacial score (nSPS) is 9.66. The van der Waals surface area contributed by atoms with Gasteiger partial charge < -0.3 is 0 Å². The van der Waals surface area contributed by atoms with E-state index in [-0.39, 0.29) is 0 Å². The molecule has 0 saturated carbocycles. The second kappa shape index (κ2) is 9.65. The summed E-state index contributed by atoms with van der Waals surface area (Å²) < 4.78 is 0. The van der Waals surface area contributed by atoms with Gasteiger partial charge in [-0.15, -0.1) is 0 Å². The van der Waals surface area contributed by atoms with Crippen LogP contribution in [0.5, 0.6) is 0 Å². The minimum Gasteiger partial charge on any atom is -0.211 e. The first-order chi connectivity index (χ1) is 14.2. The first kappa shape index (κ1) is 19.6. The quantitative estimate of drug-likeness (QED) is 0.436. The first-order valence-electron chi connectivity index (χ1n) is 8.75. The van der Waals surface area contributed by atoms with Crippen molar-refractivity contribution in [2.45, 2.75) is 12.8 Å². The minimum absolute atomic E-state index is 0.539. The largest absolute Gasteiger partial charge is 0.240 e. The Hall–Kier alpha value is -4.20. The van der Waals surface area contributed by atoms with Gasteiger partial charge in [-0.3, -0.25) is 0 Å². The van der Waals surface area contributed by atoms with Crippen LogP contribution in [0.25, 0.3) is 0 Å². The molecule has 140 valence electrons. The maximum atomic E-state index is 10.6. The lowest BCUT2D eigenvalue weighted by molar-refractivity contribution is 0.564. The highest BCUT2D eigenvalue weighted by Crippen LogP contribution is 2.25. The Kier molecular flexibility index (Phi) is 6.51. The highest BCUT2D eigenvalue weighted by Gasteiger charge is 2.07. The molecule has 0 aliphatic heterocycles. The predicted molar refractivity (Wildman–Crippen MR) is 108 cm³/mol. The van der Waals surface area contributed by atoms with E-state index in [1.807, 2.05) is 36.4 Å². The van der Waals surface area contributed by atoms with E-state index < -0.39 is 0 Å². The molecule has 0 heterocycles. The lowest BCUT2D eigenvalue weighted by Crippen LogP contribution is -1.97. The summed E-state index contributed by atoms with van der Waals surface area (Å²) in [7, 11) is 0. The fourth-order valence-corrected chi connectivity index (χ4v) is 2.99. The molecule has 0 N–H and O–H groups in total. The average Bonchev–Trinajstić information content (AvgIpc) is 2.73. The van der Waals surface area contributed by atoms with Crippen molar-refractivity contribution in [3.8, 4) is 0 Å². The maximum Gasteiger partial charge on any atom is 0.240 e. The van der Waals surface area contributed by atoms with Crippen molar-refractivity contribution in [2.24, 2.45) is 15.0 Å².